The number of hydrogen-bond donors (Lipinski definition) is 2. The first kappa shape index (κ1) is 19.7. The number of fused-ring (bicyclic) bond motifs is 1. The quantitative estimate of drug-likeness (QED) is 0.501. The highest BCUT2D eigenvalue weighted by Gasteiger charge is 2.09. The zero-order valence-corrected chi connectivity index (χ0v) is 16.8. The molecule has 0 aliphatic heterocycles. The highest BCUT2D eigenvalue weighted by atomic mass is 35.5. The van der Waals surface area contributed by atoms with Crippen LogP contribution in [0.3, 0.4) is 0 Å². The number of nitrogens with one attached hydrogen (secondary N) is 2. The Morgan fingerprint density at radius 1 is 0.867 bits per heavy atom. The van der Waals surface area contributed by atoms with Crippen molar-refractivity contribution >= 4 is 29.1 Å². The van der Waals surface area contributed by atoms with Gasteiger partial charge in [-0.05, 0) is 35.4 Å². The lowest BCUT2D eigenvalue weighted by atomic mass is 10.0. The summed E-state index contributed by atoms with van der Waals surface area (Å²) >= 11 is 5.96. The Morgan fingerprint density at radius 2 is 1.60 bits per heavy atom. The monoisotopic (exact) mass is 418 g/mol. The molecule has 0 saturated carbocycles. The number of carbonyl (C=O) groups excluding carboxylic acids is 2. The number of pyridine rings is 1. The zero-order chi connectivity index (χ0) is 20.9. The lowest BCUT2D eigenvalue weighted by Gasteiger charge is -2.07. The number of imidazole rings is 1. The zero-order valence-electron chi connectivity index (χ0n) is 16.0. The molecule has 0 fully saturated rings. The maximum absolute atomic E-state index is 12.3. The number of hydrogen-bond acceptors (Lipinski definition) is 3. The molecular formula is C23H19ClN4O2. The van der Waals surface area contributed by atoms with Crippen molar-refractivity contribution < 1.29 is 9.59 Å². The van der Waals surface area contributed by atoms with Crippen LogP contribution in [0.15, 0.2) is 79.1 Å². The summed E-state index contributed by atoms with van der Waals surface area (Å²) < 4.78 is 1.80. The number of benzene rings is 2. The van der Waals surface area contributed by atoms with Gasteiger partial charge in [0, 0.05) is 18.0 Å². The second-order valence-corrected chi connectivity index (χ2v) is 7.18. The Kier molecular flexibility index (Phi) is 5.77. The predicted molar refractivity (Wildman–Crippen MR) is 116 cm³/mol. The average Bonchev–Trinajstić information content (AvgIpc) is 3.19. The van der Waals surface area contributed by atoms with Gasteiger partial charge in [0.05, 0.1) is 23.8 Å². The van der Waals surface area contributed by atoms with Crippen LogP contribution >= 0.6 is 11.6 Å². The fourth-order valence-electron chi connectivity index (χ4n) is 3.06. The van der Waals surface area contributed by atoms with Crippen LogP contribution in [0.25, 0.3) is 16.8 Å². The fraction of sp³-hybridized carbons (Fsp3) is 0.0870. The second-order valence-electron chi connectivity index (χ2n) is 6.75. The van der Waals surface area contributed by atoms with Gasteiger partial charge >= 0.3 is 0 Å². The predicted octanol–water partition coefficient (Wildman–Crippen LogP) is 3.70. The molecule has 2 N–H and O–H groups in total. The van der Waals surface area contributed by atoms with E-state index in [1.54, 1.807) is 41.1 Å². The maximum Gasteiger partial charge on any atom is 0.251 e. The Bertz CT molecular complexity index is 1190. The SMILES string of the molecule is O=C(CNC(=O)c1ccc(-c2ccccc2)cc1)NCc1cn2cc(Cl)ccc2n1. The van der Waals surface area contributed by atoms with E-state index in [0.29, 0.717) is 16.3 Å². The highest BCUT2D eigenvalue weighted by Crippen LogP contribution is 2.19. The first-order chi connectivity index (χ1) is 14.6. The number of carbonyl (C=O) groups is 2. The Hall–Kier alpha value is -3.64. The number of nitrogens with zero attached hydrogens (tertiary/aromatic N) is 2. The second kappa shape index (κ2) is 8.80. The van der Waals surface area contributed by atoms with Crippen LogP contribution in [0.4, 0.5) is 0 Å². The molecule has 2 heterocycles. The summed E-state index contributed by atoms with van der Waals surface area (Å²) in [5.74, 6) is -0.591. The minimum atomic E-state index is -0.299. The summed E-state index contributed by atoms with van der Waals surface area (Å²) in [6, 6.07) is 20.8. The maximum atomic E-state index is 12.3. The van der Waals surface area contributed by atoms with Crippen molar-refractivity contribution in [1.29, 1.82) is 0 Å². The van der Waals surface area contributed by atoms with Gasteiger partial charge in [-0.2, -0.15) is 0 Å². The van der Waals surface area contributed by atoms with E-state index in [9.17, 15) is 9.59 Å². The van der Waals surface area contributed by atoms with Gasteiger partial charge in [-0.15, -0.1) is 0 Å². The molecule has 0 aliphatic rings. The van der Waals surface area contributed by atoms with Gasteiger partial charge in [0.2, 0.25) is 5.91 Å². The summed E-state index contributed by atoms with van der Waals surface area (Å²) in [6.07, 6.45) is 3.55. The van der Waals surface area contributed by atoms with Crippen LogP contribution in [0.2, 0.25) is 5.02 Å². The van der Waals surface area contributed by atoms with Gasteiger partial charge in [-0.25, -0.2) is 4.98 Å². The molecule has 150 valence electrons. The fourth-order valence-corrected chi connectivity index (χ4v) is 3.23. The molecule has 2 aromatic heterocycles. The smallest absolute Gasteiger partial charge is 0.251 e. The molecule has 0 aliphatic carbocycles. The normalized spacial score (nSPS) is 10.7. The van der Waals surface area contributed by atoms with Crippen LogP contribution in [-0.4, -0.2) is 27.7 Å². The lowest BCUT2D eigenvalue weighted by molar-refractivity contribution is -0.120. The number of rotatable bonds is 6. The van der Waals surface area contributed by atoms with Crippen molar-refractivity contribution in [1.82, 2.24) is 20.0 Å². The molecule has 2 aromatic carbocycles. The van der Waals surface area contributed by atoms with Crippen LogP contribution in [0.5, 0.6) is 0 Å². The third-order valence-electron chi connectivity index (χ3n) is 4.60. The standard InChI is InChI=1S/C23H19ClN4O2/c24-19-10-11-21-27-20(15-28(21)14-19)12-25-22(29)13-26-23(30)18-8-6-17(7-9-18)16-4-2-1-3-5-16/h1-11,14-15H,12-13H2,(H,25,29)(H,26,30). The van der Waals surface area contributed by atoms with Crippen LogP contribution in [-0.2, 0) is 11.3 Å². The summed E-state index contributed by atoms with van der Waals surface area (Å²) in [6.45, 7) is 0.151. The molecule has 6 nitrogen and oxygen atoms in total. The Balaban J connectivity index is 1.28. The van der Waals surface area contributed by atoms with E-state index in [1.807, 2.05) is 42.5 Å². The van der Waals surface area contributed by atoms with Crippen LogP contribution in [0.1, 0.15) is 16.1 Å². The molecule has 2 amide bonds. The van der Waals surface area contributed by atoms with Crippen molar-refractivity contribution in [2.75, 3.05) is 6.54 Å². The van der Waals surface area contributed by atoms with Gasteiger partial charge in [0.25, 0.3) is 5.91 Å². The molecule has 0 saturated heterocycles. The van der Waals surface area contributed by atoms with E-state index in [4.69, 9.17) is 11.6 Å². The van der Waals surface area contributed by atoms with Crippen molar-refractivity contribution in [3.8, 4) is 11.1 Å². The summed E-state index contributed by atoms with van der Waals surface area (Å²) in [4.78, 5) is 28.8. The van der Waals surface area contributed by atoms with Crippen LogP contribution in [0, 0.1) is 0 Å². The summed E-state index contributed by atoms with van der Waals surface area (Å²) in [7, 11) is 0. The average molecular weight is 419 g/mol. The van der Waals surface area contributed by atoms with E-state index < -0.39 is 0 Å². The minimum Gasteiger partial charge on any atom is -0.349 e. The number of aromatic nitrogens is 2. The third-order valence-corrected chi connectivity index (χ3v) is 4.82. The van der Waals surface area contributed by atoms with Crippen molar-refractivity contribution in [2.24, 2.45) is 0 Å². The highest BCUT2D eigenvalue weighted by molar-refractivity contribution is 6.30. The Labute approximate surface area is 178 Å². The molecule has 0 bridgehead atoms. The molecule has 0 unspecified atom stereocenters. The van der Waals surface area contributed by atoms with E-state index in [2.05, 4.69) is 15.6 Å². The minimum absolute atomic E-state index is 0.113. The summed E-state index contributed by atoms with van der Waals surface area (Å²) in [5.41, 5.74) is 4.06. The summed E-state index contributed by atoms with van der Waals surface area (Å²) in [5, 5.41) is 5.99. The third kappa shape index (κ3) is 4.67. The van der Waals surface area contributed by atoms with E-state index in [0.717, 1.165) is 16.8 Å². The molecule has 4 aromatic rings. The number of halogens is 1. The molecule has 7 heteroatoms. The van der Waals surface area contributed by atoms with E-state index >= 15 is 0 Å². The van der Waals surface area contributed by atoms with Crippen molar-refractivity contribution in [3.05, 3.63) is 95.4 Å². The molecule has 30 heavy (non-hydrogen) atoms. The molecule has 0 radical (unpaired) electrons. The first-order valence-electron chi connectivity index (χ1n) is 9.42. The lowest BCUT2D eigenvalue weighted by Crippen LogP contribution is -2.36. The molecule has 0 atom stereocenters. The Morgan fingerprint density at radius 3 is 2.37 bits per heavy atom. The largest absolute Gasteiger partial charge is 0.349 e. The van der Waals surface area contributed by atoms with Gasteiger partial charge in [-0.1, -0.05) is 54.1 Å². The van der Waals surface area contributed by atoms with Crippen molar-refractivity contribution in [2.45, 2.75) is 6.54 Å². The molecule has 4 rings (SSSR count). The van der Waals surface area contributed by atoms with E-state index in [-0.39, 0.29) is 24.9 Å². The van der Waals surface area contributed by atoms with Gasteiger partial charge in [-0.3, -0.25) is 9.59 Å². The van der Waals surface area contributed by atoms with Crippen molar-refractivity contribution in [3.63, 3.8) is 0 Å². The van der Waals surface area contributed by atoms with E-state index in [1.165, 1.54) is 0 Å². The van der Waals surface area contributed by atoms with Gasteiger partial charge in [0.1, 0.15) is 5.65 Å². The van der Waals surface area contributed by atoms with Gasteiger partial charge < -0.3 is 15.0 Å². The molecule has 0 spiro atoms. The first-order valence-corrected chi connectivity index (χ1v) is 9.80. The van der Waals surface area contributed by atoms with Gasteiger partial charge in [0.15, 0.2) is 0 Å². The topological polar surface area (TPSA) is 75.5 Å². The number of amides is 2. The van der Waals surface area contributed by atoms with Crippen LogP contribution < -0.4 is 10.6 Å². The molecular weight excluding hydrogens is 400 g/mol.